The molecule has 0 spiro atoms. The van der Waals surface area contributed by atoms with Crippen LogP contribution in [0.4, 0.5) is 0 Å². The van der Waals surface area contributed by atoms with Crippen LogP contribution in [0.2, 0.25) is 0 Å². The van der Waals surface area contributed by atoms with Crippen molar-refractivity contribution in [2.24, 2.45) is 10.8 Å². The summed E-state index contributed by atoms with van der Waals surface area (Å²) >= 11 is 0. The molecule has 0 saturated carbocycles. The molecular formula is C26H48N2P+. The summed E-state index contributed by atoms with van der Waals surface area (Å²) in [6, 6.07) is 11.4. The molecule has 1 aliphatic rings. The Bertz CT molecular complexity index is 628. The Morgan fingerprint density at radius 3 is 1.41 bits per heavy atom. The van der Waals surface area contributed by atoms with E-state index in [1.54, 1.807) is 5.30 Å². The van der Waals surface area contributed by atoms with Gasteiger partial charge in [0.05, 0.1) is 25.9 Å². The molecule has 0 radical (unpaired) electrons. The Kier molecular flexibility index (Phi) is 7.07. The third kappa shape index (κ3) is 6.78. The molecule has 1 aliphatic heterocycles. The number of hydrogen-bond donors (Lipinski definition) is 0. The fourth-order valence-electron chi connectivity index (χ4n) is 5.63. The van der Waals surface area contributed by atoms with Crippen molar-refractivity contribution in [2.75, 3.05) is 25.9 Å². The Morgan fingerprint density at radius 2 is 1.07 bits per heavy atom. The molecule has 0 unspecified atom stereocenters. The smallest absolute Gasteiger partial charge is 0.119 e. The topological polar surface area (TPSA) is 6.48 Å². The van der Waals surface area contributed by atoms with Crippen molar-refractivity contribution in [3.63, 3.8) is 0 Å². The van der Waals surface area contributed by atoms with Gasteiger partial charge in [-0.05, 0) is 63.5 Å². The fourth-order valence-corrected chi connectivity index (χ4v) is 9.39. The minimum atomic E-state index is -1.30. The second-order valence-electron chi connectivity index (χ2n) is 13.3. The zero-order valence-electron chi connectivity index (χ0n) is 21.3. The average molecular weight is 420 g/mol. The standard InChI is InChI=1S/C26H48N2P/c1-23(2,3)17-25(7,8)27-19-28(26(9,10)18-24(4,5)6)21-29(11,20-27)22-15-13-12-14-16-22/h12-16H,17-21H2,1-11H3/q+1. The van der Waals surface area contributed by atoms with E-state index in [1.807, 2.05) is 0 Å². The predicted molar refractivity (Wildman–Crippen MR) is 134 cm³/mol. The summed E-state index contributed by atoms with van der Waals surface area (Å²) < 4.78 is 0. The highest BCUT2D eigenvalue weighted by molar-refractivity contribution is 7.82. The summed E-state index contributed by atoms with van der Waals surface area (Å²) in [6.07, 6.45) is 4.87. The molecule has 0 N–H and O–H groups in total. The van der Waals surface area contributed by atoms with Gasteiger partial charge in [-0.1, -0.05) is 59.7 Å². The Balaban J connectivity index is 2.43. The van der Waals surface area contributed by atoms with Crippen molar-refractivity contribution in [2.45, 2.75) is 93.2 Å². The molecule has 0 amide bonds. The lowest BCUT2D eigenvalue weighted by molar-refractivity contribution is -0.0158. The predicted octanol–water partition coefficient (Wildman–Crippen LogP) is 6.88. The Morgan fingerprint density at radius 1 is 0.690 bits per heavy atom. The molecule has 0 bridgehead atoms. The highest BCUT2D eigenvalue weighted by atomic mass is 31.2. The second kappa shape index (κ2) is 8.25. The lowest BCUT2D eigenvalue weighted by atomic mass is 9.80. The number of benzene rings is 1. The maximum atomic E-state index is 2.81. The summed E-state index contributed by atoms with van der Waals surface area (Å²) in [5.74, 6) is 0. The molecule has 2 nitrogen and oxygen atoms in total. The average Bonchev–Trinajstić information content (AvgIpc) is 2.51. The van der Waals surface area contributed by atoms with Gasteiger partial charge in [-0.15, -0.1) is 0 Å². The molecule has 166 valence electrons. The van der Waals surface area contributed by atoms with E-state index in [2.05, 4.69) is 116 Å². The second-order valence-corrected chi connectivity index (χ2v) is 17.2. The fraction of sp³-hybridized carbons (Fsp3) is 0.769. The quantitative estimate of drug-likeness (QED) is 0.480. The third-order valence-electron chi connectivity index (χ3n) is 6.32. The van der Waals surface area contributed by atoms with Crippen LogP contribution in [0, 0.1) is 10.8 Å². The summed E-state index contributed by atoms with van der Waals surface area (Å²) in [6.45, 7) is 27.8. The van der Waals surface area contributed by atoms with Crippen LogP contribution in [-0.2, 0) is 0 Å². The minimum Gasteiger partial charge on any atom is -0.253 e. The van der Waals surface area contributed by atoms with Crippen LogP contribution in [0.15, 0.2) is 30.3 Å². The van der Waals surface area contributed by atoms with Crippen LogP contribution < -0.4 is 5.30 Å². The van der Waals surface area contributed by atoms with Gasteiger partial charge in [0.25, 0.3) is 0 Å². The maximum absolute atomic E-state index is 2.81. The Labute approximate surface area is 182 Å². The third-order valence-corrected chi connectivity index (χ3v) is 9.80. The zero-order chi connectivity index (χ0) is 22.3. The Hall–Kier alpha value is -0.430. The SMILES string of the molecule is CC(C)(C)CC(C)(C)N1CN(C(C)(C)CC(C)(C)C)C[P+](C)(c2ccccc2)C1. The number of hydrogen-bond acceptors (Lipinski definition) is 2. The molecule has 0 aliphatic carbocycles. The number of rotatable bonds is 5. The molecule has 0 atom stereocenters. The zero-order valence-corrected chi connectivity index (χ0v) is 22.2. The van der Waals surface area contributed by atoms with Crippen molar-refractivity contribution in [3.8, 4) is 0 Å². The first-order valence-electron chi connectivity index (χ1n) is 11.3. The lowest BCUT2D eigenvalue weighted by Gasteiger charge is -2.54. The lowest BCUT2D eigenvalue weighted by Crippen LogP contribution is -2.61. The molecule has 1 fully saturated rings. The first-order chi connectivity index (χ1) is 12.9. The summed E-state index contributed by atoms with van der Waals surface area (Å²) in [7, 11) is -1.30. The van der Waals surface area contributed by atoms with Crippen molar-refractivity contribution in [3.05, 3.63) is 30.3 Å². The monoisotopic (exact) mass is 419 g/mol. The van der Waals surface area contributed by atoms with E-state index in [1.165, 1.54) is 25.4 Å². The number of nitrogens with zero attached hydrogens (tertiary/aromatic N) is 2. The summed E-state index contributed by atoms with van der Waals surface area (Å²) in [4.78, 5) is 5.62. The van der Waals surface area contributed by atoms with E-state index in [-0.39, 0.29) is 11.1 Å². The maximum Gasteiger partial charge on any atom is 0.119 e. The first kappa shape index (κ1) is 24.8. The van der Waals surface area contributed by atoms with Crippen LogP contribution in [-0.4, -0.2) is 46.8 Å². The van der Waals surface area contributed by atoms with Gasteiger partial charge in [0.15, 0.2) is 0 Å². The van der Waals surface area contributed by atoms with Crippen LogP contribution in [0.5, 0.6) is 0 Å². The van der Waals surface area contributed by atoms with Gasteiger partial charge in [0, 0.05) is 11.1 Å². The van der Waals surface area contributed by atoms with Crippen LogP contribution in [0.1, 0.15) is 82.1 Å². The first-order valence-corrected chi connectivity index (χ1v) is 13.9. The highest BCUT2D eigenvalue weighted by Crippen LogP contribution is 2.59. The van der Waals surface area contributed by atoms with Crippen LogP contribution in [0.3, 0.4) is 0 Å². The molecular weight excluding hydrogens is 371 g/mol. The molecule has 1 aromatic carbocycles. The normalized spacial score (nSPS) is 20.1. The van der Waals surface area contributed by atoms with E-state index in [9.17, 15) is 0 Å². The van der Waals surface area contributed by atoms with Gasteiger partial charge in [-0.2, -0.15) is 0 Å². The molecule has 3 heteroatoms. The van der Waals surface area contributed by atoms with Gasteiger partial charge in [-0.25, -0.2) is 0 Å². The van der Waals surface area contributed by atoms with Crippen molar-refractivity contribution >= 4 is 12.6 Å². The van der Waals surface area contributed by atoms with Gasteiger partial charge in [-0.3, -0.25) is 9.80 Å². The van der Waals surface area contributed by atoms with Crippen molar-refractivity contribution in [1.82, 2.24) is 9.80 Å². The van der Waals surface area contributed by atoms with E-state index < -0.39 is 7.26 Å². The highest BCUT2D eigenvalue weighted by Gasteiger charge is 2.50. The molecule has 0 aromatic heterocycles. The van der Waals surface area contributed by atoms with Gasteiger partial charge >= 0.3 is 0 Å². The van der Waals surface area contributed by atoms with Crippen LogP contribution in [0.25, 0.3) is 0 Å². The summed E-state index contributed by atoms with van der Waals surface area (Å²) in [5.41, 5.74) is 1.03. The van der Waals surface area contributed by atoms with Crippen molar-refractivity contribution in [1.29, 1.82) is 0 Å². The molecule has 29 heavy (non-hydrogen) atoms. The van der Waals surface area contributed by atoms with Gasteiger partial charge < -0.3 is 0 Å². The molecule has 1 saturated heterocycles. The van der Waals surface area contributed by atoms with Crippen LogP contribution >= 0.6 is 7.26 Å². The van der Waals surface area contributed by atoms with E-state index in [0.29, 0.717) is 10.8 Å². The minimum absolute atomic E-state index is 0.185. The van der Waals surface area contributed by atoms with E-state index in [4.69, 9.17) is 0 Å². The van der Waals surface area contributed by atoms with Crippen molar-refractivity contribution < 1.29 is 0 Å². The molecule has 2 rings (SSSR count). The molecule has 1 aromatic rings. The van der Waals surface area contributed by atoms with Gasteiger partial charge in [0.1, 0.15) is 12.6 Å². The largest absolute Gasteiger partial charge is 0.253 e. The van der Waals surface area contributed by atoms with Gasteiger partial charge in [0.2, 0.25) is 0 Å². The molecule has 1 heterocycles. The van der Waals surface area contributed by atoms with E-state index in [0.717, 1.165) is 6.67 Å². The van der Waals surface area contributed by atoms with E-state index >= 15 is 0 Å². The summed E-state index contributed by atoms with van der Waals surface area (Å²) in [5, 5.41) is 1.58.